The number of nitro benzene ring substituents is 1. The molecule has 0 aliphatic carbocycles. The first-order chi connectivity index (χ1) is 12.1. The van der Waals surface area contributed by atoms with E-state index in [1.165, 1.54) is 12.1 Å². The quantitative estimate of drug-likeness (QED) is 0.400. The third-order valence-electron chi connectivity index (χ3n) is 2.97. The van der Waals surface area contributed by atoms with Gasteiger partial charge < -0.3 is 9.84 Å². The summed E-state index contributed by atoms with van der Waals surface area (Å²) in [5, 5.41) is 19.4. The Kier molecular flexibility index (Phi) is 5.98. The van der Waals surface area contributed by atoms with Crippen LogP contribution in [0.3, 0.4) is 0 Å². The Balaban J connectivity index is 2.30. The van der Waals surface area contributed by atoms with Crippen LogP contribution in [0.2, 0.25) is 5.02 Å². The second-order valence-corrected chi connectivity index (χ2v) is 6.24. The van der Waals surface area contributed by atoms with E-state index in [-0.39, 0.29) is 27.1 Å². The summed E-state index contributed by atoms with van der Waals surface area (Å²) in [6.07, 6.45) is -4.56. The van der Waals surface area contributed by atoms with Crippen molar-refractivity contribution in [2.24, 2.45) is 0 Å². The topological polar surface area (TPSA) is 89.7 Å². The highest BCUT2D eigenvalue weighted by Gasteiger charge is 2.31. The Morgan fingerprint density at radius 3 is 2.50 bits per heavy atom. The van der Waals surface area contributed by atoms with Gasteiger partial charge in [0.2, 0.25) is 0 Å². The molecule has 0 saturated carbocycles. The van der Waals surface area contributed by atoms with Gasteiger partial charge in [-0.15, -0.1) is 11.8 Å². The summed E-state index contributed by atoms with van der Waals surface area (Å²) in [5.41, 5.74) is -1.27. The van der Waals surface area contributed by atoms with E-state index < -0.39 is 28.4 Å². The number of nitro groups is 1. The van der Waals surface area contributed by atoms with E-state index in [1.807, 2.05) is 0 Å². The second kappa shape index (κ2) is 7.83. The first-order valence-electron chi connectivity index (χ1n) is 6.75. The molecule has 26 heavy (non-hydrogen) atoms. The summed E-state index contributed by atoms with van der Waals surface area (Å²) in [7, 11) is 0. The zero-order valence-electron chi connectivity index (χ0n) is 12.6. The Bertz CT molecular complexity index is 860. The number of aliphatic carboxylic acids is 1. The number of halogens is 4. The Morgan fingerprint density at radius 1 is 1.27 bits per heavy atom. The van der Waals surface area contributed by atoms with E-state index in [4.69, 9.17) is 21.4 Å². The summed E-state index contributed by atoms with van der Waals surface area (Å²) in [6, 6.07) is 6.07. The van der Waals surface area contributed by atoms with Crippen molar-refractivity contribution in [3.63, 3.8) is 0 Å². The second-order valence-electron chi connectivity index (χ2n) is 4.81. The number of nitrogens with zero attached hydrogens (tertiary/aromatic N) is 1. The van der Waals surface area contributed by atoms with Crippen molar-refractivity contribution < 1.29 is 32.7 Å². The minimum absolute atomic E-state index is 0.0398. The van der Waals surface area contributed by atoms with Gasteiger partial charge in [0.25, 0.3) is 5.69 Å². The summed E-state index contributed by atoms with van der Waals surface area (Å²) in [6.45, 7) is 0. The Hall–Kier alpha value is -2.46. The van der Waals surface area contributed by atoms with E-state index in [0.717, 1.165) is 18.2 Å². The van der Waals surface area contributed by atoms with Crippen molar-refractivity contribution in [3.05, 3.63) is 57.1 Å². The molecule has 0 spiro atoms. The Labute approximate surface area is 153 Å². The lowest BCUT2D eigenvalue weighted by Gasteiger charge is -2.12. The molecular formula is C15H9ClF3NO5S. The van der Waals surface area contributed by atoms with Crippen LogP contribution >= 0.6 is 23.4 Å². The normalized spacial score (nSPS) is 11.2. The highest BCUT2D eigenvalue weighted by molar-refractivity contribution is 8.00. The molecule has 0 aliphatic rings. The standard InChI is InChI=1S/C15H9ClF3NO5S/c16-10-5-8(15(17,18)19)1-4-12(10)25-9-2-3-11(20(23)24)13(6-9)26-7-14(21)22/h1-6H,7H2,(H,21,22). The molecular weight excluding hydrogens is 399 g/mol. The molecule has 0 radical (unpaired) electrons. The van der Waals surface area contributed by atoms with Gasteiger partial charge in [0.1, 0.15) is 11.5 Å². The predicted octanol–water partition coefficient (Wildman–Crippen LogP) is 5.24. The molecule has 0 heterocycles. The van der Waals surface area contributed by atoms with E-state index in [0.29, 0.717) is 17.8 Å². The van der Waals surface area contributed by atoms with Crippen LogP contribution in [0.15, 0.2) is 41.3 Å². The fraction of sp³-hybridized carbons (Fsp3) is 0.133. The third kappa shape index (κ3) is 5.02. The molecule has 0 aromatic heterocycles. The molecule has 0 aliphatic heterocycles. The molecule has 0 fully saturated rings. The van der Waals surface area contributed by atoms with Gasteiger partial charge in [-0.05, 0) is 24.3 Å². The molecule has 0 atom stereocenters. The summed E-state index contributed by atoms with van der Waals surface area (Å²) in [5.74, 6) is -1.60. The highest BCUT2D eigenvalue weighted by Crippen LogP contribution is 2.38. The number of benzene rings is 2. The first kappa shape index (κ1) is 19.9. The van der Waals surface area contributed by atoms with E-state index in [1.54, 1.807) is 0 Å². The summed E-state index contributed by atoms with van der Waals surface area (Å²) in [4.78, 5) is 21.0. The van der Waals surface area contributed by atoms with E-state index in [9.17, 15) is 28.1 Å². The van der Waals surface area contributed by atoms with Crippen LogP contribution in [0.25, 0.3) is 0 Å². The van der Waals surface area contributed by atoms with Crippen LogP contribution in [-0.4, -0.2) is 21.8 Å². The maximum atomic E-state index is 12.6. The largest absolute Gasteiger partial charge is 0.481 e. The van der Waals surface area contributed by atoms with E-state index in [2.05, 4.69) is 0 Å². The fourth-order valence-electron chi connectivity index (χ4n) is 1.85. The van der Waals surface area contributed by atoms with Crippen molar-refractivity contribution in [2.75, 3.05) is 5.75 Å². The maximum Gasteiger partial charge on any atom is 0.416 e. The van der Waals surface area contributed by atoms with Crippen molar-refractivity contribution in [1.82, 2.24) is 0 Å². The number of carboxylic acids is 1. The van der Waals surface area contributed by atoms with Gasteiger partial charge in [-0.2, -0.15) is 13.2 Å². The number of hydrogen-bond donors (Lipinski definition) is 1. The molecule has 2 aromatic carbocycles. The average Bonchev–Trinajstić information content (AvgIpc) is 2.53. The van der Waals surface area contributed by atoms with Gasteiger partial charge in [0, 0.05) is 12.1 Å². The summed E-state index contributed by atoms with van der Waals surface area (Å²) >= 11 is 6.51. The lowest BCUT2D eigenvalue weighted by atomic mass is 10.2. The zero-order chi connectivity index (χ0) is 19.5. The molecule has 0 amide bonds. The number of hydrogen-bond acceptors (Lipinski definition) is 5. The zero-order valence-corrected chi connectivity index (χ0v) is 14.2. The molecule has 2 aromatic rings. The van der Waals surface area contributed by atoms with E-state index >= 15 is 0 Å². The van der Waals surface area contributed by atoms with Crippen LogP contribution in [0.4, 0.5) is 18.9 Å². The minimum atomic E-state index is -4.56. The van der Waals surface area contributed by atoms with Gasteiger partial charge >= 0.3 is 12.1 Å². The molecule has 0 unspecified atom stereocenters. The number of thioether (sulfide) groups is 1. The average molecular weight is 408 g/mol. The predicted molar refractivity (Wildman–Crippen MR) is 88.0 cm³/mol. The van der Waals surface area contributed by atoms with Crippen molar-refractivity contribution in [3.8, 4) is 11.5 Å². The third-order valence-corrected chi connectivity index (χ3v) is 4.29. The smallest absolute Gasteiger partial charge is 0.416 e. The van der Waals surface area contributed by atoms with Crippen LogP contribution in [0.1, 0.15) is 5.56 Å². The Morgan fingerprint density at radius 2 is 1.96 bits per heavy atom. The van der Waals surface area contributed by atoms with Crippen molar-refractivity contribution in [1.29, 1.82) is 0 Å². The summed E-state index contributed by atoms with van der Waals surface area (Å²) < 4.78 is 43.3. The maximum absolute atomic E-state index is 12.6. The molecule has 6 nitrogen and oxygen atoms in total. The molecule has 0 saturated heterocycles. The lowest BCUT2D eigenvalue weighted by molar-refractivity contribution is -0.387. The molecule has 11 heteroatoms. The van der Waals surface area contributed by atoms with Crippen LogP contribution in [0.5, 0.6) is 11.5 Å². The molecule has 2 rings (SSSR count). The SMILES string of the molecule is O=C(O)CSc1cc(Oc2ccc(C(F)(F)F)cc2Cl)ccc1[N+](=O)[O-]. The van der Waals surface area contributed by atoms with Gasteiger partial charge in [-0.25, -0.2) is 0 Å². The monoisotopic (exact) mass is 407 g/mol. The van der Waals surface area contributed by atoms with Crippen LogP contribution < -0.4 is 4.74 Å². The lowest BCUT2D eigenvalue weighted by Crippen LogP contribution is -2.04. The van der Waals surface area contributed by atoms with Crippen molar-refractivity contribution in [2.45, 2.75) is 11.1 Å². The van der Waals surface area contributed by atoms with Crippen LogP contribution in [-0.2, 0) is 11.0 Å². The number of carboxylic acid groups (broad SMARTS) is 1. The number of carbonyl (C=O) groups is 1. The number of ether oxygens (including phenoxy) is 1. The van der Waals surface area contributed by atoms with Gasteiger partial charge in [0.15, 0.2) is 0 Å². The first-order valence-corrected chi connectivity index (χ1v) is 8.12. The van der Waals surface area contributed by atoms with Gasteiger partial charge in [0.05, 0.1) is 26.2 Å². The van der Waals surface area contributed by atoms with Crippen LogP contribution in [0, 0.1) is 10.1 Å². The highest BCUT2D eigenvalue weighted by atomic mass is 35.5. The number of rotatable bonds is 6. The molecule has 0 bridgehead atoms. The molecule has 1 N–H and O–H groups in total. The fourth-order valence-corrected chi connectivity index (χ4v) is 2.84. The number of alkyl halides is 3. The van der Waals surface area contributed by atoms with Gasteiger partial charge in [-0.1, -0.05) is 11.6 Å². The molecule has 138 valence electrons. The van der Waals surface area contributed by atoms with Crippen molar-refractivity contribution >= 4 is 35.0 Å². The van der Waals surface area contributed by atoms with Gasteiger partial charge in [-0.3, -0.25) is 14.9 Å². The minimum Gasteiger partial charge on any atom is -0.481 e.